The van der Waals surface area contributed by atoms with E-state index in [1.807, 2.05) is 4.68 Å². The lowest BCUT2D eigenvalue weighted by molar-refractivity contribution is 0.309. The van der Waals surface area contributed by atoms with Crippen molar-refractivity contribution >= 4 is 5.82 Å². The number of aromatic nitrogens is 2. The van der Waals surface area contributed by atoms with Crippen molar-refractivity contribution < 1.29 is 0 Å². The van der Waals surface area contributed by atoms with Gasteiger partial charge in [0.05, 0.1) is 6.20 Å². The van der Waals surface area contributed by atoms with Gasteiger partial charge in [0.15, 0.2) is 0 Å². The second kappa shape index (κ2) is 8.15. The molecule has 1 aromatic carbocycles. The van der Waals surface area contributed by atoms with Gasteiger partial charge in [-0.3, -0.25) is 0 Å². The molecule has 2 aromatic rings. The fourth-order valence-electron chi connectivity index (χ4n) is 3.35. The van der Waals surface area contributed by atoms with Gasteiger partial charge in [-0.15, -0.1) is 0 Å². The van der Waals surface area contributed by atoms with E-state index in [1.54, 1.807) is 6.20 Å². The van der Waals surface area contributed by atoms with Gasteiger partial charge >= 0.3 is 0 Å². The minimum Gasteiger partial charge on any atom is -0.369 e. The lowest BCUT2D eigenvalue weighted by atomic mass is 10.0. The van der Waals surface area contributed by atoms with Crippen LogP contribution < -0.4 is 10.6 Å². The summed E-state index contributed by atoms with van der Waals surface area (Å²) in [5.74, 6) is 1.31. The molecule has 2 heterocycles. The molecule has 0 saturated heterocycles. The highest BCUT2D eigenvalue weighted by Gasteiger charge is 2.22. The summed E-state index contributed by atoms with van der Waals surface area (Å²) in [5.41, 5.74) is 1.98. The average Bonchev–Trinajstić information content (AvgIpc) is 3.02. The SMILES string of the molecule is CN(C)C[C@@H](Cc1ccccc1)NC[C@H]1CNc2c(C#N)cnn2C1. The summed E-state index contributed by atoms with van der Waals surface area (Å²) < 4.78 is 1.91. The molecule has 6 heteroatoms. The van der Waals surface area contributed by atoms with Crippen LogP contribution in [0.4, 0.5) is 5.82 Å². The molecule has 0 spiro atoms. The molecule has 25 heavy (non-hydrogen) atoms. The first-order chi connectivity index (χ1) is 12.2. The number of benzene rings is 1. The van der Waals surface area contributed by atoms with Crippen molar-refractivity contribution in [3.05, 3.63) is 47.7 Å². The van der Waals surface area contributed by atoms with E-state index in [2.05, 4.69) is 71.1 Å². The Balaban J connectivity index is 1.57. The third-order valence-electron chi connectivity index (χ3n) is 4.55. The van der Waals surface area contributed by atoms with Gasteiger partial charge in [0.1, 0.15) is 17.5 Å². The Bertz CT molecular complexity index is 715. The Hall–Kier alpha value is -2.36. The maximum atomic E-state index is 9.09. The van der Waals surface area contributed by atoms with E-state index < -0.39 is 0 Å². The highest BCUT2D eigenvalue weighted by atomic mass is 15.3. The lowest BCUT2D eigenvalue weighted by Crippen LogP contribution is -2.44. The van der Waals surface area contributed by atoms with E-state index in [0.29, 0.717) is 17.5 Å². The van der Waals surface area contributed by atoms with E-state index in [1.165, 1.54) is 5.56 Å². The summed E-state index contributed by atoms with van der Waals surface area (Å²) in [7, 11) is 4.22. The van der Waals surface area contributed by atoms with Crippen LogP contribution in [0.1, 0.15) is 11.1 Å². The van der Waals surface area contributed by atoms with E-state index in [0.717, 1.165) is 38.4 Å². The third-order valence-corrected chi connectivity index (χ3v) is 4.55. The standard InChI is InChI=1S/C19H26N6/c1-24(2)14-18(8-15-6-4-3-5-7-15)21-10-16-11-22-19-17(9-20)12-23-25(19)13-16/h3-7,12,16,18,21-22H,8,10-11,13-14H2,1-2H3/t16-,18+/m0/s1. The van der Waals surface area contributed by atoms with Crippen LogP contribution in [0.25, 0.3) is 0 Å². The Morgan fingerprint density at radius 3 is 2.92 bits per heavy atom. The molecule has 6 nitrogen and oxygen atoms in total. The summed E-state index contributed by atoms with van der Waals surface area (Å²) in [6, 6.07) is 13.2. The predicted molar refractivity (Wildman–Crippen MR) is 99.4 cm³/mol. The Morgan fingerprint density at radius 2 is 2.20 bits per heavy atom. The fraction of sp³-hybridized carbons (Fsp3) is 0.474. The molecule has 0 unspecified atom stereocenters. The van der Waals surface area contributed by atoms with Crippen LogP contribution >= 0.6 is 0 Å². The molecule has 0 saturated carbocycles. The first kappa shape index (κ1) is 17.5. The van der Waals surface area contributed by atoms with Crippen molar-refractivity contribution in [2.45, 2.75) is 19.0 Å². The van der Waals surface area contributed by atoms with Gasteiger partial charge in [0, 0.05) is 38.1 Å². The number of anilines is 1. The van der Waals surface area contributed by atoms with Crippen LogP contribution in [0, 0.1) is 17.2 Å². The van der Waals surface area contributed by atoms with Crippen molar-refractivity contribution in [2.24, 2.45) is 5.92 Å². The Morgan fingerprint density at radius 1 is 1.40 bits per heavy atom. The topological polar surface area (TPSA) is 68.9 Å². The van der Waals surface area contributed by atoms with E-state index >= 15 is 0 Å². The Kier molecular flexibility index (Phi) is 5.69. The molecule has 1 aliphatic rings. The second-order valence-corrected chi connectivity index (χ2v) is 7.00. The zero-order valence-corrected chi connectivity index (χ0v) is 14.9. The quantitative estimate of drug-likeness (QED) is 0.802. The van der Waals surface area contributed by atoms with Crippen molar-refractivity contribution in [3.8, 4) is 6.07 Å². The molecule has 0 bridgehead atoms. The lowest BCUT2D eigenvalue weighted by Gasteiger charge is -2.29. The second-order valence-electron chi connectivity index (χ2n) is 7.00. The number of nitrogens with zero attached hydrogens (tertiary/aromatic N) is 4. The summed E-state index contributed by atoms with van der Waals surface area (Å²) in [6.07, 6.45) is 2.66. The number of nitriles is 1. The smallest absolute Gasteiger partial charge is 0.142 e. The van der Waals surface area contributed by atoms with Crippen LogP contribution in [0.5, 0.6) is 0 Å². The van der Waals surface area contributed by atoms with Gasteiger partial charge in [-0.05, 0) is 26.1 Å². The molecule has 1 aliphatic heterocycles. The van der Waals surface area contributed by atoms with Crippen LogP contribution in [0.2, 0.25) is 0 Å². The van der Waals surface area contributed by atoms with Gasteiger partial charge in [0.2, 0.25) is 0 Å². The molecule has 2 N–H and O–H groups in total. The van der Waals surface area contributed by atoms with E-state index in [9.17, 15) is 0 Å². The molecule has 1 aromatic heterocycles. The summed E-state index contributed by atoms with van der Waals surface area (Å²) in [4.78, 5) is 2.23. The molecule has 2 atom stereocenters. The van der Waals surface area contributed by atoms with Gasteiger partial charge in [-0.1, -0.05) is 30.3 Å². The van der Waals surface area contributed by atoms with Gasteiger partial charge in [-0.2, -0.15) is 10.4 Å². The number of nitrogens with one attached hydrogen (secondary N) is 2. The molecule has 0 amide bonds. The molecule has 132 valence electrons. The molecular formula is C19H26N6. The van der Waals surface area contributed by atoms with Crippen LogP contribution in [-0.2, 0) is 13.0 Å². The summed E-state index contributed by atoms with van der Waals surface area (Å²) in [5, 5.41) is 20.5. The predicted octanol–water partition coefficient (Wildman–Crippen LogP) is 1.56. The normalized spacial score (nSPS) is 17.6. The monoisotopic (exact) mass is 338 g/mol. The molecule has 0 fully saturated rings. The van der Waals surface area contributed by atoms with E-state index in [-0.39, 0.29) is 0 Å². The van der Waals surface area contributed by atoms with Crippen molar-refractivity contribution in [3.63, 3.8) is 0 Å². The summed E-state index contributed by atoms with van der Waals surface area (Å²) in [6.45, 7) is 3.64. The zero-order chi connectivity index (χ0) is 17.6. The third kappa shape index (κ3) is 4.59. The maximum absolute atomic E-state index is 9.09. The van der Waals surface area contributed by atoms with Crippen LogP contribution in [0.15, 0.2) is 36.5 Å². The van der Waals surface area contributed by atoms with Gasteiger partial charge in [-0.25, -0.2) is 4.68 Å². The first-order valence-electron chi connectivity index (χ1n) is 8.77. The highest BCUT2D eigenvalue weighted by Crippen LogP contribution is 2.20. The Labute approximate surface area is 149 Å². The summed E-state index contributed by atoms with van der Waals surface area (Å²) >= 11 is 0. The number of hydrogen-bond acceptors (Lipinski definition) is 5. The number of hydrogen-bond donors (Lipinski definition) is 2. The van der Waals surface area contributed by atoms with Crippen LogP contribution in [-0.4, -0.2) is 54.5 Å². The minimum absolute atomic E-state index is 0.408. The van der Waals surface area contributed by atoms with Gasteiger partial charge < -0.3 is 15.5 Å². The zero-order valence-electron chi connectivity index (χ0n) is 14.9. The van der Waals surface area contributed by atoms with Crippen molar-refractivity contribution in [1.82, 2.24) is 20.0 Å². The van der Waals surface area contributed by atoms with Crippen molar-refractivity contribution in [2.75, 3.05) is 39.0 Å². The van der Waals surface area contributed by atoms with Crippen molar-refractivity contribution in [1.29, 1.82) is 5.26 Å². The van der Waals surface area contributed by atoms with E-state index in [4.69, 9.17) is 5.26 Å². The number of likely N-dealkylation sites (N-methyl/N-ethyl adjacent to an activating group) is 1. The molecular weight excluding hydrogens is 312 g/mol. The van der Waals surface area contributed by atoms with Gasteiger partial charge in [0.25, 0.3) is 0 Å². The molecule has 0 radical (unpaired) electrons. The first-order valence-corrected chi connectivity index (χ1v) is 8.77. The largest absolute Gasteiger partial charge is 0.369 e. The molecule has 3 rings (SSSR count). The fourth-order valence-corrected chi connectivity index (χ4v) is 3.35. The minimum atomic E-state index is 0.408. The average molecular weight is 338 g/mol. The number of rotatable bonds is 7. The van der Waals surface area contributed by atoms with Crippen LogP contribution in [0.3, 0.4) is 0 Å². The maximum Gasteiger partial charge on any atom is 0.142 e. The number of fused-ring (bicyclic) bond motifs is 1. The molecule has 0 aliphatic carbocycles. The highest BCUT2D eigenvalue weighted by molar-refractivity contribution is 5.52.